The minimum Gasteiger partial charge on any atom is -0.494 e. The van der Waals surface area contributed by atoms with Crippen molar-refractivity contribution in [3.8, 4) is 23.0 Å². The van der Waals surface area contributed by atoms with Gasteiger partial charge in [0.05, 0.1) is 36.4 Å². The average Bonchev–Trinajstić information content (AvgIpc) is 3.66. The summed E-state index contributed by atoms with van der Waals surface area (Å²) < 4.78 is 37.6. The number of amidine groups is 1. The monoisotopic (exact) mass is 901 g/mol. The smallest absolute Gasteiger partial charge is 0.343 e. The molecule has 2 heterocycles. The first-order valence-electron chi connectivity index (χ1n) is 23.4. The Morgan fingerprint density at radius 2 is 1.76 bits per heavy atom. The van der Waals surface area contributed by atoms with Crippen LogP contribution in [0, 0.1) is 22.7 Å². The number of ether oxygens (including phenoxy) is 5. The fourth-order valence-corrected chi connectivity index (χ4v) is 10.6. The van der Waals surface area contributed by atoms with Crippen LogP contribution in [-0.2, 0) is 32.6 Å². The summed E-state index contributed by atoms with van der Waals surface area (Å²) in [6.45, 7) is 7.70. The lowest BCUT2D eigenvalue weighted by atomic mass is 9.45. The van der Waals surface area contributed by atoms with Crippen molar-refractivity contribution in [2.75, 3.05) is 33.9 Å². The maximum atomic E-state index is 14.2. The number of nitrogens with one attached hydrogen (secondary N) is 1. The molecular weight excluding hydrogens is 837 g/mol. The van der Waals surface area contributed by atoms with Crippen molar-refractivity contribution in [3.63, 3.8) is 0 Å². The zero-order chi connectivity index (χ0) is 48.0. The van der Waals surface area contributed by atoms with Crippen LogP contribution >= 0.6 is 0 Å². The van der Waals surface area contributed by atoms with Gasteiger partial charge in [0.15, 0.2) is 23.6 Å². The Balaban J connectivity index is 0.000000764. The second kappa shape index (κ2) is 20.4. The first-order valence-corrected chi connectivity index (χ1v) is 22.9. The molecule has 2 bridgehead atoms. The number of benzene rings is 4. The molecule has 2 unspecified atom stereocenters. The fourth-order valence-electron chi connectivity index (χ4n) is 10.6. The number of fused-ring (bicyclic) bond motifs is 1. The summed E-state index contributed by atoms with van der Waals surface area (Å²) in [5.74, 6) is 1.60. The van der Waals surface area contributed by atoms with E-state index in [1.165, 1.54) is 11.1 Å². The van der Waals surface area contributed by atoms with Crippen LogP contribution < -0.4 is 36.1 Å². The molecule has 8 rings (SSSR count). The van der Waals surface area contributed by atoms with Gasteiger partial charge in [0.25, 0.3) is 0 Å². The van der Waals surface area contributed by atoms with E-state index in [-0.39, 0.29) is 41.1 Å². The third-order valence-corrected chi connectivity index (χ3v) is 14.0. The summed E-state index contributed by atoms with van der Waals surface area (Å²) >= 11 is 0. The number of methoxy groups -OCH3 is 1. The summed E-state index contributed by atoms with van der Waals surface area (Å²) in [7, 11) is 3.87. The highest BCUT2D eigenvalue weighted by atomic mass is 16.6. The van der Waals surface area contributed by atoms with Gasteiger partial charge in [0.1, 0.15) is 24.9 Å². The van der Waals surface area contributed by atoms with Gasteiger partial charge in [-0.25, -0.2) is 4.79 Å². The van der Waals surface area contributed by atoms with Crippen molar-refractivity contribution in [1.82, 2.24) is 4.90 Å². The number of aldehydes is 1. The van der Waals surface area contributed by atoms with Gasteiger partial charge < -0.3 is 50.6 Å². The van der Waals surface area contributed by atoms with E-state index >= 15 is 0 Å². The Kier molecular flexibility index (Phi) is 14.3. The highest BCUT2D eigenvalue weighted by molar-refractivity contribution is 5.98. The maximum absolute atomic E-state index is 14.2. The topological polar surface area (TPSA) is 215 Å². The van der Waals surface area contributed by atoms with Gasteiger partial charge in [0.2, 0.25) is 0 Å². The molecule has 7 N–H and O–H groups in total. The van der Waals surface area contributed by atoms with Gasteiger partial charge in [-0.1, -0.05) is 63.6 Å². The minimum atomic E-state index is -0.519. The van der Waals surface area contributed by atoms with E-state index in [0.29, 0.717) is 66.8 Å². The van der Waals surface area contributed by atoms with Crippen molar-refractivity contribution in [1.29, 1.82) is 5.41 Å². The van der Waals surface area contributed by atoms with E-state index in [4.69, 9.17) is 47.7 Å². The third kappa shape index (κ3) is 9.46. The van der Waals surface area contributed by atoms with Crippen LogP contribution in [0.5, 0.6) is 23.0 Å². The number of allylic oxidation sites excluding steroid dienone is 1. The Hall–Kier alpha value is -6.41. The number of carbonyl (C=O) groups is 3. The number of hydrogen-bond donors (Lipinski definition) is 4. The van der Waals surface area contributed by atoms with Crippen molar-refractivity contribution in [2.45, 2.75) is 96.1 Å². The molecule has 2 aliphatic carbocycles. The number of aliphatic imine (C=N–C) groups is 1. The predicted molar refractivity (Wildman–Crippen MR) is 255 cm³/mol. The lowest BCUT2D eigenvalue weighted by Crippen LogP contribution is -2.69. The molecule has 350 valence electrons. The normalized spacial score (nSPS) is 22.1. The second-order valence-electron chi connectivity index (χ2n) is 18.2. The number of carbonyl (C=O) groups excluding carboxylic acids is 3. The molecule has 1 spiro atoms. The van der Waals surface area contributed by atoms with Gasteiger partial charge in [-0.05, 0) is 118 Å². The number of guanidine groups is 1. The average molecular weight is 902 g/mol. The fraction of sp³-hybridized carbons (Fsp3) is 0.442. The van der Waals surface area contributed by atoms with Crippen LogP contribution in [0.3, 0.4) is 0 Å². The summed E-state index contributed by atoms with van der Waals surface area (Å²) in [6.07, 6.45) is 7.32. The van der Waals surface area contributed by atoms with Crippen LogP contribution in [0.15, 0.2) is 89.6 Å². The van der Waals surface area contributed by atoms with Gasteiger partial charge in [-0.15, -0.1) is 0 Å². The first kappa shape index (κ1) is 46.1. The first-order chi connectivity index (χ1) is 32.1. The molecule has 1 fully saturated rings. The number of nitrogens with two attached hydrogens (primary N) is 3. The van der Waals surface area contributed by atoms with Crippen molar-refractivity contribution < 1.29 is 39.4 Å². The SMILES string of the molecule is COc1ccc2c3c1O[C@H]1C(OC(=O)C(CCCN=C(N)N)CCOc4ccc(C(=O)Oc5ccc(CC(=N)N)c6ccccc56)cc4)=CC[C@@]4(C)[C@@H](C2)N(C)CC[C@]314.[2H]C(=O)C(C)CCC. The summed E-state index contributed by atoms with van der Waals surface area (Å²) in [5.41, 5.74) is 20.1. The summed E-state index contributed by atoms with van der Waals surface area (Å²) in [6, 6.07) is 22.3. The molecule has 14 heteroatoms. The molecule has 66 heavy (non-hydrogen) atoms. The Morgan fingerprint density at radius 3 is 2.44 bits per heavy atom. The molecule has 4 aromatic carbocycles. The predicted octanol–water partition coefficient (Wildman–Crippen LogP) is 7.40. The van der Waals surface area contributed by atoms with E-state index in [1.54, 1.807) is 44.4 Å². The van der Waals surface area contributed by atoms with Crippen LogP contribution in [0.1, 0.15) is 94.1 Å². The van der Waals surface area contributed by atoms with Crippen LogP contribution in [0.4, 0.5) is 0 Å². The number of likely N-dealkylation sites (tertiary alicyclic amines) is 1. The van der Waals surface area contributed by atoms with Crippen molar-refractivity contribution in [3.05, 3.63) is 107 Å². The molecular formula is C52H64N6O8. The van der Waals surface area contributed by atoms with E-state index in [2.05, 4.69) is 36.0 Å². The largest absolute Gasteiger partial charge is 0.494 e. The lowest BCUT2D eigenvalue weighted by molar-refractivity contribution is -0.150. The molecule has 4 aliphatic rings. The molecule has 0 saturated carbocycles. The summed E-state index contributed by atoms with van der Waals surface area (Å²) in [4.78, 5) is 44.2. The van der Waals surface area contributed by atoms with E-state index in [9.17, 15) is 14.4 Å². The molecule has 14 nitrogen and oxygen atoms in total. The lowest BCUT2D eigenvalue weighted by Gasteiger charge is -2.63. The van der Waals surface area contributed by atoms with Crippen LogP contribution in [0.25, 0.3) is 10.8 Å². The summed E-state index contributed by atoms with van der Waals surface area (Å²) in [5, 5.41) is 9.33. The number of nitrogens with zero attached hydrogens (tertiary/aromatic N) is 2. The van der Waals surface area contributed by atoms with Gasteiger partial charge in [0, 0.05) is 41.3 Å². The molecule has 2 aliphatic heterocycles. The Bertz CT molecular complexity index is 2560. The standard InChI is InChI=1S/C46H52N6O7.C6H12O/c1-45-20-18-36(41-46(45)21-23-52(2)37(45)25-30-13-17-35(55-3)40(59-41)39(30)46)58-42(53)27(7-6-22-51-44(49)50)19-24-56-31-14-10-28(11-15-31)43(54)57-34-16-12-29(26-38(47)48)32-8-4-5-9-33(32)34;1-3-4-6(2)5-7/h4-5,8-18,27,37,41H,6-7,19-26H2,1-3H3,(H3,47,48)(H4,49,50,51);5-6H,3-4H2,1-2H3/t27?,37-,41+,45+,46+;/m1./s1/i;5D. The number of hydrogen-bond acceptors (Lipinski definition) is 11. The third-order valence-electron chi connectivity index (χ3n) is 14.0. The quantitative estimate of drug-likeness (QED) is 0.0192. The van der Waals surface area contributed by atoms with Gasteiger partial charge in [-0.3, -0.25) is 15.2 Å². The molecule has 0 radical (unpaired) electrons. The molecule has 0 aromatic heterocycles. The van der Waals surface area contributed by atoms with Crippen LogP contribution in [0.2, 0.25) is 0 Å². The molecule has 4 aromatic rings. The zero-order valence-electron chi connectivity index (χ0n) is 39.7. The number of rotatable bonds is 18. The van der Waals surface area contributed by atoms with Gasteiger partial charge in [-0.2, -0.15) is 0 Å². The van der Waals surface area contributed by atoms with E-state index in [0.717, 1.165) is 60.7 Å². The number of likely N-dealkylation sites (N-methyl/N-ethyl adjacent to an activating group) is 1. The maximum Gasteiger partial charge on any atom is 0.343 e. The highest BCUT2D eigenvalue weighted by Gasteiger charge is 2.70. The Morgan fingerprint density at radius 1 is 1.02 bits per heavy atom. The molecule has 0 amide bonds. The van der Waals surface area contributed by atoms with E-state index < -0.39 is 24.3 Å². The zero-order valence-corrected chi connectivity index (χ0v) is 38.7. The molecule has 6 atom stereocenters. The van der Waals surface area contributed by atoms with Crippen LogP contribution in [-0.4, -0.2) is 80.9 Å². The van der Waals surface area contributed by atoms with E-state index in [1.807, 2.05) is 43.3 Å². The second-order valence-corrected chi connectivity index (χ2v) is 18.2. The number of piperidine rings is 1. The van der Waals surface area contributed by atoms with Crippen molar-refractivity contribution >= 4 is 40.8 Å². The van der Waals surface area contributed by atoms with Crippen molar-refractivity contribution in [2.24, 2.45) is 39.4 Å². The number of esters is 2. The minimum absolute atomic E-state index is 0.00189. The van der Waals surface area contributed by atoms with Gasteiger partial charge >= 0.3 is 11.9 Å². The highest BCUT2D eigenvalue weighted by Crippen LogP contribution is 2.68. The Labute approximate surface area is 388 Å². The molecule has 1 saturated heterocycles.